The summed E-state index contributed by atoms with van der Waals surface area (Å²) in [4.78, 5) is 42.7. The Morgan fingerprint density at radius 3 is 2.79 bits per heavy atom. The number of H-pyrrole nitrogens is 1. The van der Waals surface area contributed by atoms with E-state index in [1.807, 2.05) is 6.92 Å². The number of imidazole rings is 1. The Morgan fingerprint density at radius 2 is 2.12 bits per heavy atom. The Bertz CT molecular complexity index is 1120. The van der Waals surface area contributed by atoms with Gasteiger partial charge in [-0.1, -0.05) is 19.4 Å². The second kappa shape index (κ2) is 10.4. The van der Waals surface area contributed by atoms with Gasteiger partial charge in [-0.25, -0.2) is 18.1 Å². The summed E-state index contributed by atoms with van der Waals surface area (Å²) >= 11 is 0. The fraction of sp³-hybridized carbons (Fsp3) is 0.400. The minimum Gasteiger partial charge on any atom is -0.480 e. The maximum absolute atomic E-state index is 12.4. The first-order valence-electron chi connectivity index (χ1n) is 10.3. The molecule has 1 unspecified atom stereocenters. The molecular weight excluding hydrogens is 454 g/mol. The number of amides is 2. The van der Waals surface area contributed by atoms with E-state index >= 15 is 0 Å². The van der Waals surface area contributed by atoms with Crippen molar-refractivity contribution in [2.45, 2.75) is 44.8 Å². The number of sulfonamides is 1. The highest BCUT2D eigenvalue weighted by Crippen LogP contribution is 2.31. The Morgan fingerprint density at radius 1 is 1.33 bits per heavy atom. The lowest BCUT2D eigenvalue weighted by atomic mass is 10.0. The Hall–Kier alpha value is -3.45. The topological polar surface area (TPSA) is 180 Å². The van der Waals surface area contributed by atoms with Crippen LogP contribution in [0.4, 0.5) is 11.6 Å². The standard InChI is InChI=1S/C20H25N5O7S/c1-2-3-8-33(30,31)25-14(19(28)29)10-12-4-5-15-13(9-12)23-18(27)16(32-15)11-17(26)24-20-21-6-7-22-20/h4-7,9,14,16,25H,2-3,8,10-11H2,1H3,(H,23,27)(H,28,29)(H2,21,22,24,26)/t14-,16?/m0/s1. The summed E-state index contributed by atoms with van der Waals surface area (Å²) in [5.74, 6) is -1.91. The third kappa shape index (κ3) is 6.76. The largest absolute Gasteiger partial charge is 0.480 e. The first-order chi connectivity index (χ1) is 15.7. The average molecular weight is 480 g/mol. The summed E-state index contributed by atoms with van der Waals surface area (Å²) in [6.45, 7) is 1.84. The van der Waals surface area contributed by atoms with Crippen LogP contribution in [0.15, 0.2) is 30.6 Å². The SMILES string of the molecule is CCCCS(=O)(=O)N[C@@H](Cc1ccc2c(c1)NC(=O)C(CC(=O)Nc1ncc[nH]1)O2)C(=O)O. The number of carboxylic acid groups (broad SMARTS) is 1. The molecule has 1 aliphatic rings. The van der Waals surface area contributed by atoms with Crippen molar-refractivity contribution >= 4 is 39.4 Å². The van der Waals surface area contributed by atoms with Crippen LogP contribution in [0.5, 0.6) is 5.75 Å². The number of carbonyl (C=O) groups is 3. The van der Waals surface area contributed by atoms with Crippen LogP contribution < -0.4 is 20.1 Å². The summed E-state index contributed by atoms with van der Waals surface area (Å²) in [7, 11) is -3.74. The third-order valence-electron chi connectivity index (χ3n) is 4.82. The summed E-state index contributed by atoms with van der Waals surface area (Å²) in [6, 6.07) is 3.27. The predicted molar refractivity (Wildman–Crippen MR) is 118 cm³/mol. The van der Waals surface area contributed by atoms with Crippen molar-refractivity contribution in [3.63, 3.8) is 0 Å². The second-order valence-electron chi connectivity index (χ2n) is 7.50. The zero-order chi connectivity index (χ0) is 24.0. The Labute approximate surface area is 190 Å². The fourth-order valence-electron chi connectivity index (χ4n) is 3.17. The average Bonchev–Trinajstić information content (AvgIpc) is 3.25. The van der Waals surface area contributed by atoms with Crippen LogP contribution in [0.2, 0.25) is 0 Å². The molecule has 0 saturated heterocycles. The molecule has 13 heteroatoms. The van der Waals surface area contributed by atoms with Gasteiger partial charge in [-0.05, 0) is 30.5 Å². The molecule has 3 rings (SSSR count). The lowest BCUT2D eigenvalue weighted by Crippen LogP contribution is -2.43. The zero-order valence-corrected chi connectivity index (χ0v) is 18.6. The lowest BCUT2D eigenvalue weighted by molar-refractivity contribution is -0.139. The molecule has 2 aromatic rings. The highest BCUT2D eigenvalue weighted by Gasteiger charge is 2.31. The fourth-order valence-corrected chi connectivity index (χ4v) is 4.57. The quantitative estimate of drug-likeness (QED) is 0.315. The molecule has 1 aromatic heterocycles. The number of hydrogen-bond donors (Lipinski definition) is 5. The van der Waals surface area contributed by atoms with Crippen molar-refractivity contribution < 1.29 is 32.6 Å². The molecule has 0 bridgehead atoms. The molecule has 0 spiro atoms. The van der Waals surface area contributed by atoms with Crippen LogP contribution >= 0.6 is 0 Å². The van der Waals surface area contributed by atoms with Gasteiger partial charge in [0.25, 0.3) is 5.91 Å². The molecular formula is C20H25N5O7S. The first kappa shape index (κ1) is 24.2. The number of aromatic amines is 1. The highest BCUT2D eigenvalue weighted by atomic mass is 32.2. The molecule has 0 saturated carbocycles. The number of benzene rings is 1. The normalized spacial score (nSPS) is 16.3. The van der Waals surface area contributed by atoms with Gasteiger partial charge in [0.05, 0.1) is 17.9 Å². The maximum atomic E-state index is 12.4. The predicted octanol–water partition coefficient (Wildman–Crippen LogP) is 0.853. The Kier molecular flexibility index (Phi) is 7.66. The van der Waals surface area contributed by atoms with Crippen molar-refractivity contribution in [3.05, 3.63) is 36.2 Å². The minimum atomic E-state index is -3.74. The third-order valence-corrected chi connectivity index (χ3v) is 6.29. The van der Waals surface area contributed by atoms with E-state index in [2.05, 4.69) is 25.3 Å². The number of nitrogens with one attached hydrogen (secondary N) is 4. The molecule has 0 radical (unpaired) electrons. The number of carboxylic acids is 1. The van der Waals surface area contributed by atoms with Crippen molar-refractivity contribution in [3.8, 4) is 5.75 Å². The van der Waals surface area contributed by atoms with Gasteiger partial charge in [-0.15, -0.1) is 0 Å². The number of carbonyl (C=O) groups excluding carboxylic acids is 2. The van der Waals surface area contributed by atoms with Crippen LogP contribution in [0.25, 0.3) is 0 Å². The monoisotopic (exact) mass is 479 g/mol. The van der Waals surface area contributed by atoms with E-state index < -0.39 is 40.0 Å². The number of hydrogen-bond acceptors (Lipinski definition) is 7. The minimum absolute atomic E-state index is 0.126. The van der Waals surface area contributed by atoms with Gasteiger partial charge in [0, 0.05) is 12.4 Å². The lowest BCUT2D eigenvalue weighted by Gasteiger charge is -2.26. The number of unbranched alkanes of at least 4 members (excludes halogenated alkanes) is 1. The number of anilines is 2. The molecule has 2 amide bonds. The highest BCUT2D eigenvalue weighted by molar-refractivity contribution is 7.89. The maximum Gasteiger partial charge on any atom is 0.322 e. The molecule has 33 heavy (non-hydrogen) atoms. The molecule has 1 aliphatic heterocycles. The first-order valence-corrected chi connectivity index (χ1v) is 11.9. The smallest absolute Gasteiger partial charge is 0.322 e. The van der Waals surface area contributed by atoms with E-state index in [9.17, 15) is 27.9 Å². The van der Waals surface area contributed by atoms with Crippen LogP contribution in [0, 0.1) is 0 Å². The van der Waals surface area contributed by atoms with Gasteiger partial charge in [-0.3, -0.25) is 19.7 Å². The van der Waals surface area contributed by atoms with Crippen LogP contribution in [-0.4, -0.2) is 59.2 Å². The van der Waals surface area contributed by atoms with Gasteiger partial charge in [0.2, 0.25) is 21.9 Å². The molecule has 178 valence electrons. The van der Waals surface area contributed by atoms with Gasteiger partial charge in [0.1, 0.15) is 11.8 Å². The number of aromatic nitrogens is 2. The summed E-state index contributed by atoms with van der Waals surface area (Å²) in [6.07, 6.45) is 2.67. The Balaban J connectivity index is 1.65. The number of ether oxygens (including phenoxy) is 1. The van der Waals surface area contributed by atoms with Crippen molar-refractivity contribution in [1.82, 2.24) is 14.7 Å². The molecule has 5 N–H and O–H groups in total. The van der Waals surface area contributed by atoms with Crippen molar-refractivity contribution in [1.29, 1.82) is 0 Å². The van der Waals surface area contributed by atoms with Gasteiger partial charge < -0.3 is 20.1 Å². The number of aliphatic carboxylic acids is 1. The summed E-state index contributed by atoms with van der Waals surface area (Å²) in [5.41, 5.74) is 0.787. The van der Waals surface area contributed by atoms with Crippen LogP contribution in [0.1, 0.15) is 31.7 Å². The second-order valence-corrected chi connectivity index (χ2v) is 9.38. The van der Waals surface area contributed by atoms with Gasteiger partial charge >= 0.3 is 5.97 Å². The van der Waals surface area contributed by atoms with E-state index in [1.165, 1.54) is 24.5 Å². The summed E-state index contributed by atoms with van der Waals surface area (Å²) < 4.78 is 32.1. The van der Waals surface area contributed by atoms with Crippen LogP contribution in [-0.2, 0) is 30.8 Å². The van der Waals surface area contributed by atoms with Crippen molar-refractivity contribution in [2.24, 2.45) is 0 Å². The number of rotatable bonds is 11. The van der Waals surface area contributed by atoms with E-state index in [0.29, 0.717) is 29.8 Å². The van der Waals surface area contributed by atoms with E-state index in [-0.39, 0.29) is 24.5 Å². The van der Waals surface area contributed by atoms with Crippen molar-refractivity contribution in [2.75, 3.05) is 16.4 Å². The van der Waals surface area contributed by atoms with E-state index in [0.717, 1.165) is 0 Å². The van der Waals surface area contributed by atoms with Crippen LogP contribution in [0.3, 0.4) is 0 Å². The number of nitrogens with zero attached hydrogens (tertiary/aromatic N) is 1. The number of fused-ring (bicyclic) bond motifs is 1. The molecule has 2 heterocycles. The van der Waals surface area contributed by atoms with E-state index in [4.69, 9.17) is 4.74 Å². The molecule has 12 nitrogen and oxygen atoms in total. The van der Waals surface area contributed by atoms with Gasteiger partial charge in [0.15, 0.2) is 6.10 Å². The summed E-state index contributed by atoms with van der Waals surface area (Å²) in [5, 5.41) is 14.6. The van der Waals surface area contributed by atoms with E-state index in [1.54, 1.807) is 6.07 Å². The molecule has 2 atom stereocenters. The molecule has 0 fully saturated rings. The van der Waals surface area contributed by atoms with Gasteiger partial charge in [-0.2, -0.15) is 0 Å². The molecule has 1 aromatic carbocycles. The zero-order valence-electron chi connectivity index (χ0n) is 17.8. The molecule has 0 aliphatic carbocycles.